The van der Waals surface area contributed by atoms with Crippen molar-refractivity contribution in [2.45, 2.75) is 13.3 Å². The zero-order valence-corrected chi connectivity index (χ0v) is 15.4. The predicted octanol–water partition coefficient (Wildman–Crippen LogP) is 2.01. The van der Waals surface area contributed by atoms with Crippen LogP contribution in [0.2, 0.25) is 0 Å². The van der Waals surface area contributed by atoms with E-state index in [0.29, 0.717) is 19.5 Å². The van der Waals surface area contributed by atoms with E-state index in [1.807, 2.05) is 38.4 Å². The highest BCUT2D eigenvalue weighted by molar-refractivity contribution is 6.07. The van der Waals surface area contributed by atoms with Gasteiger partial charge in [-0.1, -0.05) is 12.1 Å². The van der Waals surface area contributed by atoms with E-state index in [4.69, 9.17) is 10.8 Å². The second-order valence-electron chi connectivity index (χ2n) is 5.97. The van der Waals surface area contributed by atoms with E-state index in [0.717, 1.165) is 28.2 Å². The molecule has 0 spiro atoms. The fraction of sp³-hybridized carbons (Fsp3) is 0.316. The minimum Gasteiger partial charge on any atom is -0.391 e. The third-order valence-electron chi connectivity index (χ3n) is 4.38. The zero-order valence-electron chi connectivity index (χ0n) is 15.4. The van der Waals surface area contributed by atoms with Gasteiger partial charge < -0.3 is 26.3 Å². The van der Waals surface area contributed by atoms with E-state index in [1.165, 1.54) is 6.21 Å². The Labute approximate surface area is 154 Å². The highest BCUT2D eigenvalue weighted by Gasteiger charge is 2.23. The molecule has 0 fully saturated rings. The number of hydrogen-bond donors (Lipinski definition) is 5. The van der Waals surface area contributed by atoms with Crippen molar-refractivity contribution in [3.63, 3.8) is 0 Å². The highest BCUT2D eigenvalue weighted by Crippen LogP contribution is 2.20. The van der Waals surface area contributed by atoms with Gasteiger partial charge in [-0.15, -0.1) is 0 Å². The van der Waals surface area contributed by atoms with Gasteiger partial charge in [0.05, 0.1) is 6.54 Å². The van der Waals surface area contributed by atoms with Gasteiger partial charge in [-0.2, -0.15) is 0 Å². The molecule has 7 heteroatoms. The Hall–Kier alpha value is -3.09. The van der Waals surface area contributed by atoms with E-state index in [9.17, 15) is 4.79 Å². The summed E-state index contributed by atoms with van der Waals surface area (Å²) in [6.07, 6.45) is 3.64. The van der Waals surface area contributed by atoms with Crippen LogP contribution in [0.3, 0.4) is 0 Å². The summed E-state index contributed by atoms with van der Waals surface area (Å²) in [5.74, 6) is 0.310. The number of carbonyl (C=O) groups excluding carboxylic acids is 1. The molecule has 0 radical (unpaired) electrons. The van der Waals surface area contributed by atoms with Gasteiger partial charge in [-0.25, -0.2) is 0 Å². The molecule has 1 aromatic carbocycles. The van der Waals surface area contributed by atoms with Crippen LogP contribution in [0.1, 0.15) is 18.9 Å². The van der Waals surface area contributed by atoms with Crippen LogP contribution in [0.4, 0.5) is 5.69 Å². The number of rotatable bonds is 6. The van der Waals surface area contributed by atoms with E-state index in [2.05, 4.69) is 16.0 Å². The molecule has 0 aliphatic carbocycles. The predicted molar refractivity (Wildman–Crippen MR) is 107 cm³/mol. The summed E-state index contributed by atoms with van der Waals surface area (Å²) in [7, 11) is 3.66. The number of allylic oxidation sites excluding steroid dienone is 1. The Kier molecular flexibility index (Phi) is 6.54. The fourth-order valence-corrected chi connectivity index (χ4v) is 2.90. The van der Waals surface area contributed by atoms with E-state index < -0.39 is 0 Å². The number of nitrogens with one attached hydrogen (secondary N) is 5. The van der Waals surface area contributed by atoms with Crippen LogP contribution < -0.4 is 16.0 Å². The molecule has 2 rings (SSSR count). The Bertz CT molecular complexity index is 748. The number of amides is 1. The third kappa shape index (κ3) is 4.50. The molecule has 1 aliphatic heterocycles. The Balaban J connectivity index is 2.15. The van der Waals surface area contributed by atoms with Crippen molar-refractivity contribution in [1.29, 1.82) is 10.8 Å². The maximum Gasteiger partial charge on any atom is 0.219 e. The van der Waals surface area contributed by atoms with E-state index in [1.54, 1.807) is 17.9 Å². The summed E-state index contributed by atoms with van der Waals surface area (Å²) in [6.45, 7) is 2.66. The average molecular weight is 354 g/mol. The van der Waals surface area contributed by atoms with Gasteiger partial charge >= 0.3 is 0 Å². The smallest absolute Gasteiger partial charge is 0.219 e. The van der Waals surface area contributed by atoms with Crippen LogP contribution in [0.5, 0.6) is 0 Å². The normalized spacial score (nSPS) is 14.7. The summed E-state index contributed by atoms with van der Waals surface area (Å²) in [4.78, 5) is 13.4. The maximum absolute atomic E-state index is 11.7. The first-order valence-electron chi connectivity index (χ1n) is 8.50. The number of benzene rings is 1. The summed E-state index contributed by atoms with van der Waals surface area (Å²) >= 11 is 0. The number of carbonyl (C=O) groups is 1. The first-order chi connectivity index (χ1) is 12.5. The van der Waals surface area contributed by atoms with Crippen LogP contribution in [0.15, 0.2) is 41.6 Å². The molecule has 0 saturated carbocycles. The summed E-state index contributed by atoms with van der Waals surface area (Å²) in [6, 6.07) is 7.64. The third-order valence-corrected chi connectivity index (χ3v) is 4.38. The lowest BCUT2D eigenvalue weighted by Crippen LogP contribution is -2.40. The molecule has 0 saturated heterocycles. The van der Waals surface area contributed by atoms with Crippen molar-refractivity contribution >= 4 is 29.3 Å². The van der Waals surface area contributed by atoms with Gasteiger partial charge in [0.2, 0.25) is 5.91 Å². The number of anilines is 1. The van der Waals surface area contributed by atoms with Crippen molar-refractivity contribution in [1.82, 2.24) is 15.5 Å². The first-order valence-corrected chi connectivity index (χ1v) is 8.50. The van der Waals surface area contributed by atoms with Gasteiger partial charge in [0.15, 0.2) is 0 Å². The van der Waals surface area contributed by atoms with Gasteiger partial charge in [-0.3, -0.25) is 10.2 Å². The van der Waals surface area contributed by atoms with Crippen LogP contribution in [0.25, 0.3) is 5.70 Å². The molecule has 26 heavy (non-hydrogen) atoms. The van der Waals surface area contributed by atoms with Crippen LogP contribution in [0, 0.1) is 10.8 Å². The van der Waals surface area contributed by atoms with Crippen molar-refractivity contribution < 1.29 is 4.79 Å². The first kappa shape index (κ1) is 19.2. The molecule has 5 N–H and O–H groups in total. The largest absolute Gasteiger partial charge is 0.391 e. The van der Waals surface area contributed by atoms with E-state index in [-0.39, 0.29) is 11.7 Å². The lowest BCUT2D eigenvalue weighted by atomic mass is 10.0. The summed E-state index contributed by atoms with van der Waals surface area (Å²) in [5, 5.41) is 24.9. The van der Waals surface area contributed by atoms with Gasteiger partial charge in [-0.05, 0) is 23.8 Å². The molecule has 1 heterocycles. The van der Waals surface area contributed by atoms with Crippen molar-refractivity contribution in [2.24, 2.45) is 0 Å². The molecule has 0 bridgehead atoms. The standard InChI is InChI=1S/C19H26N6O/c1-13(26)25-11-9-18(23-3)16(12-25)19(21)24-15-6-4-14(5-7-15)17(22-2)8-10-20/h4-8,10,20,22-23H,9,11-12H2,1-3H3,(H2,21,24)/b17-8-,20-10?. The number of amidine groups is 1. The second-order valence-corrected chi connectivity index (χ2v) is 5.97. The van der Waals surface area contributed by atoms with Crippen molar-refractivity contribution in [3.8, 4) is 0 Å². The lowest BCUT2D eigenvalue weighted by Gasteiger charge is -2.30. The quantitative estimate of drug-likeness (QED) is 0.398. The molecule has 0 aromatic heterocycles. The summed E-state index contributed by atoms with van der Waals surface area (Å²) < 4.78 is 0. The van der Waals surface area contributed by atoms with Crippen LogP contribution >= 0.6 is 0 Å². The molecule has 0 unspecified atom stereocenters. The van der Waals surface area contributed by atoms with Crippen molar-refractivity contribution in [2.75, 3.05) is 32.5 Å². The molecule has 1 aliphatic rings. The van der Waals surface area contributed by atoms with E-state index >= 15 is 0 Å². The van der Waals surface area contributed by atoms with Crippen LogP contribution in [-0.2, 0) is 4.79 Å². The second kappa shape index (κ2) is 8.84. The monoisotopic (exact) mass is 354 g/mol. The zero-order chi connectivity index (χ0) is 19.1. The molecule has 0 atom stereocenters. The molecule has 7 nitrogen and oxygen atoms in total. The van der Waals surface area contributed by atoms with Crippen LogP contribution in [-0.4, -0.2) is 50.0 Å². The molecule has 1 aromatic rings. The minimum atomic E-state index is 0.0207. The lowest BCUT2D eigenvalue weighted by molar-refractivity contribution is -0.128. The Morgan fingerprint density at radius 3 is 2.46 bits per heavy atom. The maximum atomic E-state index is 11.7. The molecular formula is C19H26N6O. The number of hydrogen-bond acceptors (Lipinski definition) is 5. The van der Waals surface area contributed by atoms with Gasteiger partial charge in [0.1, 0.15) is 5.84 Å². The molecule has 1 amide bonds. The fourth-order valence-electron chi connectivity index (χ4n) is 2.90. The van der Waals surface area contributed by atoms with Gasteiger partial charge in [0.25, 0.3) is 0 Å². The van der Waals surface area contributed by atoms with Crippen molar-refractivity contribution in [3.05, 3.63) is 47.2 Å². The minimum absolute atomic E-state index is 0.0207. The summed E-state index contributed by atoms with van der Waals surface area (Å²) in [5.41, 5.74) is 4.41. The highest BCUT2D eigenvalue weighted by atomic mass is 16.2. The molecular weight excluding hydrogens is 328 g/mol. The van der Waals surface area contributed by atoms with Gasteiger partial charge in [0, 0.05) is 62.9 Å². The number of nitrogens with zero attached hydrogens (tertiary/aromatic N) is 1. The topological polar surface area (TPSA) is 104 Å². The molecule has 138 valence electrons. The average Bonchev–Trinajstić information content (AvgIpc) is 2.66. The SMILES string of the molecule is CNC1=C(C(=N)Nc2ccc(/C(=C/C=N)NC)cc2)CN(C(C)=O)CC1. The Morgan fingerprint density at radius 2 is 1.92 bits per heavy atom. The Morgan fingerprint density at radius 1 is 1.23 bits per heavy atom.